The Morgan fingerprint density at radius 3 is 2.90 bits per heavy atom. The third-order valence-corrected chi connectivity index (χ3v) is 2.91. The predicted molar refractivity (Wildman–Crippen MR) is 74.6 cm³/mol. The Hall–Kier alpha value is -2.37. The Morgan fingerprint density at radius 2 is 2.25 bits per heavy atom. The van der Waals surface area contributed by atoms with Crippen LogP contribution in [-0.2, 0) is 6.54 Å². The molecule has 0 saturated heterocycles. The van der Waals surface area contributed by atoms with Crippen LogP contribution in [0.1, 0.15) is 41.5 Å². The van der Waals surface area contributed by atoms with E-state index in [1.807, 2.05) is 19.9 Å². The lowest BCUT2D eigenvalue weighted by Crippen LogP contribution is -2.23. The SMILES string of the molecule is COc1cc(CNC(=O)c2cc(C(C)C)[nH]n2)ccn1. The van der Waals surface area contributed by atoms with Crippen LogP contribution < -0.4 is 10.1 Å². The van der Waals surface area contributed by atoms with Gasteiger partial charge in [0.05, 0.1) is 7.11 Å². The average Bonchev–Trinajstić information content (AvgIpc) is 2.95. The van der Waals surface area contributed by atoms with Crippen molar-refractivity contribution >= 4 is 5.91 Å². The molecule has 0 aliphatic heterocycles. The van der Waals surface area contributed by atoms with E-state index in [1.54, 1.807) is 25.4 Å². The number of amides is 1. The summed E-state index contributed by atoms with van der Waals surface area (Å²) in [6.45, 7) is 4.48. The summed E-state index contributed by atoms with van der Waals surface area (Å²) in [5.41, 5.74) is 2.26. The average molecular weight is 274 g/mol. The fourth-order valence-electron chi connectivity index (χ4n) is 1.69. The summed E-state index contributed by atoms with van der Waals surface area (Å²) >= 11 is 0. The molecule has 0 aromatic carbocycles. The molecule has 2 aromatic heterocycles. The topological polar surface area (TPSA) is 79.9 Å². The fraction of sp³-hybridized carbons (Fsp3) is 0.357. The summed E-state index contributed by atoms with van der Waals surface area (Å²) in [7, 11) is 1.56. The van der Waals surface area contributed by atoms with E-state index in [-0.39, 0.29) is 5.91 Å². The fourth-order valence-corrected chi connectivity index (χ4v) is 1.69. The molecule has 2 N–H and O–H groups in total. The van der Waals surface area contributed by atoms with Gasteiger partial charge in [-0.15, -0.1) is 0 Å². The van der Waals surface area contributed by atoms with E-state index in [1.165, 1.54) is 0 Å². The van der Waals surface area contributed by atoms with Gasteiger partial charge in [-0.05, 0) is 23.6 Å². The second kappa shape index (κ2) is 6.18. The van der Waals surface area contributed by atoms with Crippen molar-refractivity contribution in [2.24, 2.45) is 0 Å². The molecular formula is C14H18N4O2. The van der Waals surface area contributed by atoms with Gasteiger partial charge in [0.1, 0.15) is 5.69 Å². The summed E-state index contributed by atoms with van der Waals surface area (Å²) in [6.07, 6.45) is 1.64. The van der Waals surface area contributed by atoms with Crippen LogP contribution in [0, 0.1) is 0 Å². The number of aromatic amines is 1. The molecular weight excluding hydrogens is 256 g/mol. The van der Waals surface area contributed by atoms with Crippen LogP contribution in [0.2, 0.25) is 0 Å². The highest BCUT2D eigenvalue weighted by Crippen LogP contribution is 2.12. The minimum atomic E-state index is -0.205. The first-order chi connectivity index (χ1) is 9.60. The lowest BCUT2D eigenvalue weighted by Gasteiger charge is -2.04. The van der Waals surface area contributed by atoms with Gasteiger partial charge in [-0.1, -0.05) is 13.8 Å². The lowest BCUT2D eigenvalue weighted by molar-refractivity contribution is 0.0946. The molecule has 6 nitrogen and oxygen atoms in total. The number of hydrogen-bond donors (Lipinski definition) is 2. The van der Waals surface area contributed by atoms with Gasteiger partial charge in [-0.3, -0.25) is 9.89 Å². The Labute approximate surface area is 117 Å². The molecule has 6 heteroatoms. The second-order valence-corrected chi connectivity index (χ2v) is 4.75. The normalized spacial score (nSPS) is 10.6. The summed E-state index contributed by atoms with van der Waals surface area (Å²) in [5.74, 6) is 0.635. The molecule has 0 aliphatic rings. The number of hydrogen-bond acceptors (Lipinski definition) is 4. The van der Waals surface area contributed by atoms with Gasteiger partial charge in [0.25, 0.3) is 5.91 Å². The molecule has 0 bridgehead atoms. The van der Waals surface area contributed by atoms with Crippen molar-refractivity contribution in [2.75, 3.05) is 7.11 Å². The van der Waals surface area contributed by atoms with Crippen molar-refractivity contribution in [1.82, 2.24) is 20.5 Å². The first-order valence-corrected chi connectivity index (χ1v) is 6.42. The van der Waals surface area contributed by atoms with Gasteiger partial charge in [0.2, 0.25) is 5.88 Å². The number of nitrogens with one attached hydrogen (secondary N) is 2. The van der Waals surface area contributed by atoms with Crippen LogP contribution in [0.15, 0.2) is 24.4 Å². The summed E-state index contributed by atoms with van der Waals surface area (Å²) in [5, 5.41) is 9.69. The van der Waals surface area contributed by atoms with Gasteiger partial charge in [0.15, 0.2) is 0 Å². The van der Waals surface area contributed by atoms with E-state index in [4.69, 9.17) is 4.74 Å². The zero-order valence-corrected chi connectivity index (χ0v) is 11.8. The van der Waals surface area contributed by atoms with E-state index in [0.29, 0.717) is 24.0 Å². The van der Waals surface area contributed by atoms with Gasteiger partial charge in [-0.2, -0.15) is 5.10 Å². The first-order valence-electron chi connectivity index (χ1n) is 6.42. The molecule has 0 saturated carbocycles. The van der Waals surface area contributed by atoms with Gasteiger partial charge in [-0.25, -0.2) is 4.98 Å². The van der Waals surface area contributed by atoms with Crippen molar-refractivity contribution in [2.45, 2.75) is 26.3 Å². The molecule has 0 unspecified atom stereocenters. The minimum Gasteiger partial charge on any atom is -0.481 e. The van der Waals surface area contributed by atoms with Crippen LogP contribution >= 0.6 is 0 Å². The van der Waals surface area contributed by atoms with Gasteiger partial charge >= 0.3 is 0 Å². The van der Waals surface area contributed by atoms with Crippen molar-refractivity contribution < 1.29 is 9.53 Å². The molecule has 0 radical (unpaired) electrons. The summed E-state index contributed by atoms with van der Waals surface area (Å²) in [4.78, 5) is 16.0. The van der Waals surface area contributed by atoms with E-state index in [9.17, 15) is 4.79 Å². The molecule has 20 heavy (non-hydrogen) atoms. The minimum absolute atomic E-state index is 0.205. The maximum Gasteiger partial charge on any atom is 0.272 e. The number of carbonyl (C=O) groups is 1. The Morgan fingerprint density at radius 1 is 1.45 bits per heavy atom. The van der Waals surface area contributed by atoms with Crippen molar-refractivity contribution in [1.29, 1.82) is 0 Å². The maximum absolute atomic E-state index is 12.0. The quantitative estimate of drug-likeness (QED) is 0.872. The number of aromatic nitrogens is 3. The van der Waals surface area contributed by atoms with Crippen LogP contribution in [0.4, 0.5) is 0 Å². The standard InChI is InChI=1S/C14H18N4O2/c1-9(2)11-7-12(18-17-11)14(19)16-8-10-4-5-15-13(6-10)20-3/h4-7,9H,8H2,1-3H3,(H,16,19)(H,17,18). The molecule has 1 amide bonds. The highest BCUT2D eigenvalue weighted by atomic mass is 16.5. The molecule has 106 valence electrons. The number of ether oxygens (including phenoxy) is 1. The Kier molecular flexibility index (Phi) is 4.34. The van der Waals surface area contributed by atoms with E-state index in [2.05, 4.69) is 20.5 Å². The largest absolute Gasteiger partial charge is 0.481 e. The molecule has 0 aliphatic carbocycles. The van der Waals surface area contributed by atoms with Crippen molar-refractivity contribution in [3.05, 3.63) is 41.3 Å². The van der Waals surface area contributed by atoms with Crippen LogP contribution in [-0.4, -0.2) is 28.2 Å². The zero-order chi connectivity index (χ0) is 14.5. The maximum atomic E-state index is 12.0. The van der Waals surface area contributed by atoms with Gasteiger partial charge in [0, 0.05) is 24.5 Å². The Bertz CT molecular complexity index is 592. The van der Waals surface area contributed by atoms with Gasteiger partial charge < -0.3 is 10.1 Å². The van der Waals surface area contributed by atoms with Crippen molar-refractivity contribution in [3.8, 4) is 5.88 Å². The third kappa shape index (κ3) is 3.34. The number of H-pyrrole nitrogens is 1. The zero-order valence-electron chi connectivity index (χ0n) is 11.8. The first kappa shape index (κ1) is 14.0. The number of carbonyl (C=O) groups excluding carboxylic acids is 1. The van der Waals surface area contributed by atoms with Crippen LogP contribution in [0.3, 0.4) is 0 Å². The van der Waals surface area contributed by atoms with Crippen LogP contribution in [0.25, 0.3) is 0 Å². The molecule has 0 spiro atoms. The molecule has 0 fully saturated rings. The monoisotopic (exact) mass is 274 g/mol. The van der Waals surface area contributed by atoms with Crippen molar-refractivity contribution in [3.63, 3.8) is 0 Å². The molecule has 2 rings (SSSR count). The van der Waals surface area contributed by atoms with E-state index < -0.39 is 0 Å². The molecule has 2 heterocycles. The number of pyridine rings is 1. The van der Waals surface area contributed by atoms with Crippen LogP contribution in [0.5, 0.6) is 5.88 Å². The predicted octanol–water partition coefficient (Wildman–Crippen LogP) is 1.87. The second-order valence-electron chi connectivity index (χ2n) is 4.75. The number of rotatable bonds is 5. The number of nitrogens with zero attached hydrogens (tertiary/aromatic N) is 2. The van der Waals surface area contributed by atoms with E-state index >= 15 is 0 Å². The number of methoxy groups -OCH3 is 1. The lowest BCUT2D eigenvalue weighted by atomic mass is 10.1. The highest BCUT2D eigenvalue weighted by molar-refractivity contribution is 5.92. The summed E-state index contributed by atoms with van der Waals surface area (Å²) < 4.78 is 5.03. The third-order valence-electron chi connectivity index (χ3n) is 2.91. The molecule has 2 aromatic rings. The summed E-state index contributed by atoms with van der Waals surface area (Å²) in [6, 6.07) is 5.38. The highest BCUT2D eigenvalue weighted by Gasteiger charge is 2.11. The van der Waals surface area contributed by atoms with E-state index in [0.717, 1.165) is 11.3 Å². The molecule has 0 atom stereocenters. The smallest absolute Gasteiger partial charge is 0.272 e. The Balaban J connectivity index is 1.97.